The predicted molar refractivity (Wildman–Crippen MR) is 84.8 cm³/mol. The van der Waals surface area contributed by atoms with Crippen LogP contribution < -0.4 is 0 Å². The zero-order chi connectivity index (χ0) is 14.7. The average molecular weight is 282 g/mol. The Kier molecular flexibility index (Phi) is 4.27. The quantitative estimate of drug-likeness (QED) is 0.861. The molecule has 1 aliphatic rings. The van der Waals surface area contributed by atoms with E-state index in [2.05, 4.69) is 58.1 Å². The van der Waals surface area contributed by atoms with Gasteiger partial charge in [0, 0.05) is 43.6 Å². The van der Waals surface area contributed by atoms with Crippen LogP contribution in [0.4, 0.5) is 0 Å². The van der Waals surface area contributed by atoms with Gasteiger partial charge in [-0.1, -0.05) is 24.3 Å². The second kappa shape index (κ2) is 6.33. The van der Waals surface area contributed by atoms with Gasteiger partial charge in [-0.15, -0.1) is 0 Å². The van der Waals surface area contributed by atoms with Crippen molar-refractivity contribution in [2.75, 3.05) is 27.2 Å². The largest absolute Gasteiger partial charge is 0.305 e. The molecule has 2 heterocycles. The first-order valence-corrected chi connectivity index (χ1v) is 7.45. The molecule has 1 unspecified atom stereocenters. The van der Waals surface area contributed by atoms with Crippen LogP contribution in [0, 0.1) is 0 Å². The Morgan fingerprint density at radius 1 is 1.10 bits per heavy atom. The number of nitrogens with zero attached hydrogens (tertiary/aromatic N) is 4. The van der Waals surface area contributed by atoms with Gasteiger partial charge in [0.05, 0.1) is 0 Å². The van der Waals surface area contributed by atoms with E-state index < -0.39 is 0 Å². The maximum atomic E-state index is 4.07. The first kappa shape index (κ1) is 14.2. The van der Waals surface area contributed by atoms with Crippen LogP contribution in [-0.2, 0) is 6.54 Å². The van der Waals surface area contributed by atoms with Gasteiger partial charge in [0.15, 0.2) is 0 Å². The minimum Gasteiger partial charge on any atom is -0.305 e. The number of likely N-dealkylation sites (N-methyl/N-ethyl adjacent to an activating group) is 1. The van der Waals surface area contributed by atoms with Gasteiger partial charge in [-0.05, 0) is 31.6 Å². The molecule has 1 fully saturated rings. The van der Waals surface area contributed by atoms with E-state index in [-0.39, 0.29) is 0 Å². The number of rotatable bonds is 4. The third-order valence-electron chi connectivity index (χ3n) is 4.23. The maximum Gasteiger partial charge on any atom is 0.115 e. The molecular formula is C17H22N4. The lowest BCUT2D eigenvalue weighted by molar-refractivity contribution is 0.264. The van der Waals surface area contributed by atoms with Crippen molar-refractivity contribution in [1.29, 1.82) is 0 Å². The van der Waals surface area contributed by atoms with Crippen LogP contribution in [0.1, 0.15) is 12.0 Å². The third-order valence-corrected chi connectivity index (χ3v) is 4.23. The molecule has 4 heteroatoms. The van der Waals surface area contributed by atoms with Crippen molar-refractivity contribution in [3.8, 4) is 11.1 Å². The summed E-state index contributed by atoms with van der Waals surface area (Å²) in [5.74, 6) is 0. The van der Waals surface area contributed by atoms with Gasteiger partial charge in [0.25, 0.3) is 0 Å². The standard InChI is InChI=1S/C17H22N4/c1-20(2)17-7-8-21(12-17)11-14-3-5-15(6-4-14)16-9-18-13-19-10-16/h3-6,9-10,13,17H,7-8,11-12H2,1-2H3. The van der Waals surface area contributed by atoms with Crippen LogP contribution in [-0.4, -0.2) is 53.0 Å². The van der Waals surface area contributed by atoms with Crippen molar-refractivity contribution < 1.29 is 0 Å². The molecule has 21 heavy (non-hydrogen) atoms. The molecule has 3 rings (SSSR count). The number of aromatic nitrogens is 2. The van der Waals surface area contributed by atoms with Crippen LogP contribution in [0.5, 0.6) is 0 Å². The van der Waals surface area contributed by atoms with Crippen LogP contribution in [0.3, 0.4) is 0 Å². The van der Waals surface area contributed by atoms with E-state index >= 15 is 0 Å². The highest BCUT2D eigenvalue weighted by Crippen LogP contribution is 2.20. The minimum absolute atomic E-state index is 0.700. The molecule has 4 nitrogen and oxygen atoms in total. The smallest absolute Gasteiger partial charge is 0.115 e. The molecule has 0 N–H and O–H groups in total. The first-order valence-electron chi connectivity index (χ1n) is 7.45. The van der Waals surface area contributed by atoms with Crippen molar-refractivity contribution in [3.05, 3.63) is 48.5 Å². The van der Waals surface area contributed by atoms with Gasteiger partial charge in [0.2, 0.25) is 0 Å². The zero-order valence-corrected chi connectivity index (χ0v) is 12.7. The highest BCUT2D eigenvalue weighted by atomic mass is 15.2. The van der Waals surface area contributed by atoms with Gasteiger partial charge in [-0.2, -0.15) is 0 Å². The summed E-state index contributed by atoms with van der Waals surface area (Å²) in [6, 6.07) is 9.45. The van der Waals surface area contributed by atoms with Gasteiger partial charge < -0.3 is 4.90 Å². The average Bonchev–Trinajstić information content (AvgIpc) is 2.98. The van der Waals surface area contributed by atoms with Crippen molar-refractivity contribution in [3.63, 3.8) is 0 Å². The molecule has 1 saturated heterocycles. The summed E-state index contributed by atoms with van der Waals surface area (Å²) in [6.07, 6.45) is 6.53. The molecule has 0 aliphatic carbocycles. The fraction of sp³-hybridized carbons (Fsp3) is 0.412. The number of hydrogen-bond donors (Lipinski definition) is 0. The van der Waals surface area contributed by atoms with Crippen LogP contribution in [0.2, 0.25) is 0 Å². The monoisotopic (exact) mass is 282 g/mol. The molecule has 0 saturated carbocycles. The second-order valence-corrected chi connectivity index (χ2v) is 5.97. The maximum absolute atomic E-state index is 4.07. The van der Waals surface area contributed by atoms with E-state index in [1.165, 1.54) is 30.6 Å². The molecule has 1 aromatic carbocycles. The zero-order valence-electron chi connectivity index (χ0n) is 12.7. The summed E-state index contributed by atoms with van der Waals surface area (Å²) < 4.78 is 0. The van der Waals surface area contributed by atoms with Gasteiger partial charge in [-0.25, -0.2) is 9.97 Å². The molecule has 1 aromatic heterocycles. The second-order valence-electron chi connectivity index (χ2n) is 5.97. The molecule has 1 atom stereocenters. The Balaban J connectivity index is 1.63. The van der Waals surface area contributed by atoms with E-state index in [9.17, 15) is 0 Å². The minimum atomic E-state index is 0.700. The lowest BCUT2D eigenvalue weighted by Gasteiger charge is -2.20. The third kappa shape index (κ3) is 3.46. The van der Waals surface area contributed by atoms with E-state index in [1.54, 1.807) is 6.33 Å². The molecule has 2 aromatic rings. The summed E-state index contributed by atoms with van der Waals surface area (Å²) in [7, 11) is 4.34. The van der Waals surface area contributed by atoms with Crippen LogP contribution >= 0.6 is 0 Å². The fourth-order valence-electron chi connectivity index (χ4n) is 2.89. The highest BCUT2D eigenvalue weighted by Gasteiger charge is 2.23. The Hall–Kier alpha value is -1.78. The Labute approximate surface area is 126 Å². The van der Waals surface area contributed by atoms with Crippen molar-refractivity contribution in [2.45, 2.75) is 19.0 Å². The Bertz CT molecular complexity index is 565. The lowest BCUT2D eigenvalue weighted by Crippen LogP contribution is -2.31. The number of benzene rings is 1. The molecule has 0 spiro atoms. The molecule has 110 valence electrons. The van der Waals surface area contributed by atoms with Crippen LogP contribution in [0.15, 0.2) is 43.0 Å². The summed E-state index contributed by atoms with van der Waals surface area (Å²) in [4.78, 5) is 13.0. The van der Waals surface area contributed by atoms with Gasteiger partial charge in [0.1, 0.15) is 6.33 Å². The molecular weight excluding hydrogens is 260 g/mol. The summed E-state index contributed by atoms with van der Waals surface area (Å²) in [6.45, 7) is 3.40. The van der Waals surface area contributed by atoms with E-state index in [0.717, 1.165) is 12.1 Å². The van der Waals surface area contributed by atoms with Crippen molar-refractivity contribution in [2.24, 2.45) is 0 Å². The molecule has 0 bridgehead atoms. The normalized spacial score (nSPS) is 19.3. The SMILES string of the molecule is CN(C)C1CCN(Cc2ccc(-c3cncnc3)cc2)C1. The molecule has 1 aliphatic heterocycles. The predicted octanol–water partition coefficient (Wildman–Crippen LogP) is 2.28. The fourth-order valence-corrected chi connectivity index (χ4v) is 2.89. The Morgan fingerprint density at radius 3 is 2.43 bits per heavy atom. The van der Waals surface area contributed by atoms with E-state index in [0.29, 0.717) is 6.04 Å². The van der Waals surface area contributed by atoms with Gasteiger partial charge in [-0.3, -0.25) is 4.90 Å². The number of hydrogen-bond acceptors (Lipinski definition) is 4. The summed E-state index contributed by atoms with van der Waals surface area (Å²) in [5.41, 5.74) is 3.61. The molecule has 0 radical (unpaired) electrons. The summed E-state index contributed by atoms with van der Waals surface area (Å²) in [5, 5.41) is 0. The Morgan fingerprint density at radius 2 is 1.81 bits per heavy atom. The molecule has 0 amide bonds. The topological polar surface area (TPSA) is 32.3 Å². The van der Waals surface area contributed by atoms with Crippen molar-refractivity contribution in [1.82, 2.24) is 19.8 Å². The lowest BCUT2D eigenvalue weighted by atomic mass is 10.1. The van der Waals surface area contributed by atoms with E-state index in [1.807, 2.05) is 12.4 Å². The van der Waals surface area contributed by atoms with Gasteiger partial charge >= 0.3 is 0 Å². The van der Waals surface area contributed by atoms with E-state index in [4.69, 9.17) is 0 Å². The first-order chi connectivity index (χ1) is 10.2. The highest BCUT2D eigenvalue weighted by molar-refractivity contribution is 5.61. The number of likely N-dealkylation sites (tertiary alicyclic amines) is 1. The van der Waals surface area contributed by atoms with Crippen molar-refractivity contribution >= 4 is 0 Å². The van der Waals surface area contributed by atoms with Crippen LogP contribution in [0.25, 0.3) is 11.1 Å². The summed E-state index contributed by atoms with van der Waals surface area (Å²) >= 11 is 0.